The molecule has 1 heterocycles. The van der Waals surface area contributed by atoms with E-state index >= 15 is 0 Å². The zero-order valence-corrected chi connectivity index (χ0v) is 19.6. The smallest absolute Gasteiger partial charge is 0.298 e. The molecule has 1 saturated carbocycles. The molecule has 4 rings (SSSR count). The van der Waals surface area contributed by atoms with Crippen molar-refractivity contribution in [3.63, 3.8) is 0 Å². The lowest BCUT2D eigenvalue weighted by atomic mass is 9.93. The summed E-state index contributed by atoms with van der Waals surface area (Å²) >= 11 is 0. The van der Waals surface area contributed by atoms with Gasteiger partial charge in [-0.2, -0.15) is 26.3 Å². The summed E-state index contributed by atoms with van der Waals surface area (Å²) in [5.41, 5.74) is -1.54. The Hall–Kier alpha value is -2.06. The predicted molar refractivity (Wildman–Crippen MR) is 124 cm³/mol. The van der Waals surface area contributed by atoms with E-state index in [0.717, 1.165) is 43.9 Å². The van der Waals surface area contributed by atoms with Gasteiger partial charge < -0.3 is 0 Å². The van der Waals surface area contributed by atoms with Crippen LogP contribution in [0.25, 0.3) is 0 Å². The van der Waals surface area contributed by atoms with Crippen molar-refractivity contribution < 1.29 is 26.3 Å². The Labute approximate surface area is 202 Å². The quantitative estimate of drug-likeness (QED) is 0.391. The molecule has 1 aliphatic carbocycles. The molecule has 2 aliphatic rings. The maximum Gasteiger partial charge on any atom is 0.416 e. The first-order valence-corrected chi connectivity index (χ1v) is 12.3. The van der Waals surface area contributed by atoms with Crippen LogP contribution in [0.5, 0.6) is 0 Å². The molecule has 1 unspecified atom stereocenters. The Morgan fingerprint density at radius 2 is 1.34 bits per heavy atom. The van der Waals surface area contributed by atoms with Crippen LogP contribution in [0.15, 0.2) is 48.5 Å². The summed E-state index contributed by atoms with van der Waals surface area (Å²) < 4.78 is 79.7. The van der Waals surface area contributed by atoms with E-state index in [4.69, 9.17) is 0 Å². The maximum atomic E-state index is 13.3. The second kappa shape index (κ2) is 10.9. The van der Waals surface area contributed by atoms with Crippen molar-refractivity contribution in [1.29, 1.82) is 0 Å². The summed E-state index contributed by atoms with van der Waals surface area (Å²) in [4.78, 5) is 4.83. The molecule has 35 heavy (non-hydrogen) atoms. The second-order valence-corrected chi connectivity index (χ2v) is 9.57. The molecule has 2 aromatic carbocycles. The van der Waals surface area contributed by atoms with Crippen LogP contribution in [0.4, 0.5) is 26.3 Å². The van der Waals surface area contributed by atoms with E-state index in [9.17, 15) is 26.3 Å². The minimum Gasteiger partial charge on any atom is -0.298 e. The second-order valence-electron chi connectivity index (χ2n) is 9.57. The Balaban J connectivity index is 1.50. The van der Waals surface area contributed by atoms with E-state index in [0.29, 0.717) is 6.04 Å². The van der Waals surface area contributed by atoms with Crippen molar-refractivity contribution in [2.24, 2.45) is 0 Å². The Morgan fingerprint density at radius 3 is 1.89 bits per heavy atom. The van der Waals surface area contributed by atoms with Crippen LogP contribution in [0.2, 0.25) is 0 Å². The molecule has 0 amide bonds. The minimum atomic E-state index is -4.84. The van der Waals surface area contributed by atoms with Gasteiger partial charge >= 0.3 is 12.4 Å². The highest BCUT2D eigenvalue weighted by atomic mass is 19.4. The molecular formula is C27H31F6N2. The lowest BCUT2D eigenvalue weighted by Crippen LogP contribution is -2.51. The largest absolute Gasteiger partial charge is 0.416 e. The molecule has 0 aromatic heterocycles. The van der Waals surface area contributed by atoms with Crippen LogP contribution in [0.1, 0.15) is 60.4 Å². The fourth-order valence-electron chi connectivity index (χ4n) is 5.36. The number of halogens is 6. The van der Waals surface area contributed by atoms with Crippen molar-refractivity contribution in [3.8, 4) is 0 Å². The standard InChI is InChI=1S/C27H31F6N2/c28-26(29,30)22-17-20(18-23(19-22)27(31,32)33)11-12-25(21-7-3-1-4-8-21)35-15-13-34(14-16-35)24-9-5-2-6-10-24/h1,3-4,7-8,12,17-19,24-25H,2,5-6,9-11,13-16H2. The number of alkyl halides is 6. The molecule has 1 radical (unpaired) electrons. The van der Waals surface area contributed by atoms with Gasteiger partial charge in [0.05, 0.1) is 11.1 Å². The van der Waals surface area contributed by atoms with Crippen LogP contribution in [0, 0.1) is 6.42 Å². The van der Waals surface area contributed by atoms with Gasteiger partial charge in [-0.25, -0.2) is 0 Å². The average Bonchev–Trinajstić information content (AvgIpc) is 2.84. The van der Waals surface area contributed by atoms with E-state index in [1.807, 2.05) is 36.8 Å². The van der Waals surface area contributed by atoms with E-state index in [1.54, 1.807) is 0 Å². The zero-order valence-electron chi connectivity index (χ0n) is 19.6. The van der Waals surface area contributed by atoms with E-state index < -0.39 is 23.5 Å². The first-order chi connectivity index (χ1) is 16.6. The van der Waals surface area contributed by atoms with E-state index in [1.165, 1.54) is 32.1 Å². The van der Waals surface area contributed by atoms with Crippen molar-refractivity contribution >= 4 is 0 Å². The minimum absolute atomic E-state index is 0.00826. The molecule has 0 N–H and O–H groups in total. The van der Waals surface area contributed by atoms with E-state index in [2.05, 4.69) is 9.80 Å². The molecule has 1 aliphatic heterocycles. The van der Waals surface area contributed by atoms with Gasteiger partial charge in [0.2, 0.25) is 0 Å². The predicted octanol–water partition coefficient (Wildman–Crippen LogP) is 7.16. The fourth-order valence-corrected chi connectivity index (χ4v) is 5.36. The third-order valence-electron chi connectivity index (χ3n) is 7.20. The van der Waals surface area contributed by atoms with Gasteiger partial charge in [-0.1, -0.05) is 49.6 Å². The summed E-state index contributed by atoms with van der Waals surface area (Å²) in [7, 11) is 0. The molecule has 2 nitrogen and oxygen atoms in total. The van der Waals surface area contributed by atoms with Crippen LogP contribution in [-0.4, -0.2) is 42.0 Å². The number of nitrogens with zero attached hydrogens (tertiary/aromatic N) is 2. The molecular weight excluding hydrogens is 466 g/mol. The summed E-state index contributed by atoms with van der Waals surface area (Å²) in [6, 6.07) is 11.9. The van der Waals surface area contributed by atoms with Crippen LogP contribution in [-0.2, 0) is 18.8 Å². The molecule has 2 aromatic rings. The average molecular weight is 498 g/mol. The van der Waals surface area contributed by atoms with Crippen molar-refractivity contribution in [1.82, 2.24) is 9.80 Å². The first kappa shape index (κ1) is 26.0. The third kappa shape index (κ3) is 6.79. The van der Waals surface area contributed by atoms with Gasteiger partial charge in [0, 0.05) is 38.3 Å². The number of benzene rings is 2. The molecule has 8 heteroatoms. The van der Waals surface area contributed by atoms with Gasteiger partial charge in [-0.05, 0) is 55.0 Å². The van der Waals surface area contributed by atoms with Gasteiger partial charge in [0.15, 0.2) is 0 Å². The molecule has 1 saturated heterocycles. The highest BCUT2D eigenvalue weighted by Crippen LogP contribution is 2.37. The first-order valence-electron chi connectivity index (χ1n) is 12.3. The van der Waals surface area contributed by atoms with Gasteiger partial charge in [0.1, 0.15) is 0 Å². The summed E-state index contributed by atoms with van der Waals surface area (Å²) in [6.07, 6.45) is -1.54. The number of rotatable bonds is 6. The molecule has 191 valence electrons. The highest BCUT2D eigenvalue weighted by molar-refractivity contribution is 5.35. The molecule has 1 atom stereocenters. The zero-order chi connectivity index (χ0) is 25.1. The number of hydrogen-bond donors (Lipinski definition) is 0. The summed E-state index contributed by atoms with van der Waals surface area (Å²) in [5.74, 6) is 0. The lowest BCUT2D eigenvalue weighted by Gasteiger charge is -2.43. The van der Waals surface area contributed by atoms with Crippen molar-refractivity contribution in [2.45, 2.75) is 63.0 Å². The van der Waals surface area contributed by atoms with E-state index in [-0.39, 0.29) is 24.1 Å². The van der Waals surface area contributed by atoms with Crippen LogP contribution >= 0.6 is 0 Å². The summed E-state index contributed by atoms with van der Waals surface area (Å²) in [6.45, 7) is 3.46. The topological polar surface area (TPSA) is 6.48 Å². The highest BCUT2D eigenvalue weighted by Gasteiger charge is 2.37. The molecule has 0 bridgehead atoms. The monoisotopic (exact) mass is 497 g/mol. The van der Waals surface area contributed by atoms with Crippen LogP contribution < -0.4 is 0 Å². The SMILES string of the molecule is FC(F)(F)c1cc(C[CH]C(c2ccccc2)N2CCN(C3CCCCC3)CC2)cc(C(F)(F)F)c1. The Morgan fingerprint density at radius 1 is 0.771 bits per heavy atom. The van der Waals surface area contributed by atoms with Crippen LogP contribution in [0.3, 0.4) is 0 Å². The Bertz CT molecular complexity index is 910. The fraction of sp³-hybridized carbons (Fsp3) is 0.519. The van der Waals surface area contributed by atoms with Gasteiger partial charge in [0.25, 0.3) is 0 Å². The summed E-state index contributed by atoms with van der Waals surface area (Å²) in [5, 5.41) is 0. The number of hydrogen-bond acceptors (Lipinski definition) is 2. The van der Waals surface area contributed by atoms with Gasteiger partial charge in [-0.3, -0.25) is 9.80 Å². The molecule has 2 fully saturated rings. The molecule has 0 spiro atoms. The third-order valence-corrected chi connectivity index (χ3v) is 7.20. The number of piperazine rings is 1. The van der Waals surface area contributed by atoms with Crippen molar-refractivity contribution in [2.75, 3.05) is 26.2 Å². The Kier molecular flexibility index (Phi) is 8.11. The van der Waals surface area contributed by atoms with Gasteiger partial charge in [-0.15, -0.1) is 0 Å². The lowest BCUT2D eigenvalue weighted by molar-refractivity contribution is -0.143. The normalized spacial score (nSPS) is 20.2. The van der Waals surface area contributed by atoms with Crippen molar-refractivity contribution in [3.05, 3.63) is 77.2 Å². The maximum absolute atomic E-state index is 13.3.